The first kappa shape index (κ1) is 16.1. The summed E-state index contributed by atoms with van der Waals surface area (Å²) in [5.41, 5.74) is 2.71. The largest absolute Gasteiger partial charge is 0.312 e. The molecule has 1 amide bonds. The third kappa shape index (κ3) is 3.98. The number of nitrogens with zero attached hydrogens (tertiary/aromatic N) is 1. The number of carbonyl (C=O) groups is 1. The monoisotopic (exact) mass is 376 g/mol. The van der Waals surface area contributed by atoms with Gasteiger partial charge in [0.25, 0.3) is 0 Å². The average molecular weight is 377 g/mol. The summed E-state index contributed by atoms with van der Waals surface area (Å²) in [4.78, 5) is 13.5. The Balaban J connectivity index is 1.55. The first-order chi connectivity index (χ1) is 11.1. The SMILES string of the molecule is O=C1CCCN1c1ccc(CNCc2ccc(Br)cc2F)cc1. The van der Waals surface area contributed by atoms with Crippen LogP contribution in [0.2, 0.25) is 0 Å². The van der Waals surface area contributed by atoms with Crippen molar-refractivity contribution in [3.63, 3.8) is 0 Å². The predicted molar refractivity (Wildman–Crippen MR) is 92.7 cm³/mol. The number of hydrogen-bond acceptors (Lipinski definition) is 2. The van der Waals surface area contributed by atoms with E-state index in [2.05, 4.69) is 21.2 Å². The molecule has 2 aromatic rings. The number of nitrogens with one attached hydrogen (secondary N) is 1. The molecular weight excluding hydrogens is 359 g/mol. The van der Waals surface area contributed by atoms with Crippen molar-refractivity contribution in [1.29, 1.82) is 0 Å². The summed E-state index contributed by atoms with van der Waals surface area (Å²) in [6, 6.07) is 13.0. The lowest BCUT2D eigenvalue weighted by molar-refractivity contribution is -0.117. The highest BCUT2D eigenvalue weighted by molar-refractivity contribution is 9.10. The van der Waals surface area contributed by atoms with Crippen LogP contribution in [0.25, 0.3) is 0 Å². The van der Waals surface area contributed by atoms with Crippen LogP contribution >= 0.6 is 15.9 Å². The summed E-state index contributed by atoms with van der Waals surface area (Å²) in [6.07, 6.45) is 1.57. The van der Waals surface area contributed by atoms with Crippen LogP contribution < -0.4 is 10.2 Å². The maximum absolute atomic E-state index is 13.7. The maximum atomic E-state index is 13.7. The van der Waals surface area contributed by atoms with E-state index in [9.17, 15) is 9.18 Å². The molecule has 0 bridgehead atoms. The van der Waals surface area contributed by atoms with Crippen LogP contribution in [-0.2, 0) is 17.9 Å². The molecular formula is C18H18BrFN2O. The topological polar surface area (TPSA) is 32.3 Å². The molecule has 3 rings (SSSR count). The Morgan fingerprint density at radius 1 is 1.13 bits per heavy atom. The van der Waals surface area contributed by atoms with Gasteiger partial charge in [0.15, 0.2) is 0 Å². The molecule has 3 nitrogen and oxygen atoms in total. The quantitative estimate of drug-likeness (QED) is 0.854. The maximum Gasteiger partial charge on any atom is 0.227 e. The minimum atomic E-state index is -0.213. The van der Waals surface area contributed by atoms with E-state index in [1.165, 1.54) is 6.07 Å². The van der Waals surface area contributed by atoms with E-state index in [0.717, 1.165) is 28.7 Å². The van der Waals surface area contributed by atoms with E-state index in [4.69, 9.17) is 0 Å². The van der Waals surface area contributed by atoms with Gasteiger partial charge in [-0.05, 0) is 36.2 Å². The summed E-state index contributed by atoms with van der Waals surface area (Å²) in [7, 11) is 0. The number of anilines is 1. The fourth-order valence-corrected chi connectivity index (χ4v) is 3.05. The van der Waals surface area contributed by atoms with Crippen LogP contribution in [0, 0.1) is 5.82 Å². The molecule has 1 aliphatic heterocycles. The fraction of sp³-hybridized carbons (Fsp3) is 0.278. The van der Waals surface area contributed by atoms with Crippen molar-refractivity contribution in [3.8, 4) is 0 Å². The zero-order valence-corrected chi connectivity index (χ0v) is 14.3. The molecule has 0 spiro atoms. The van der Waals surface area contributed by atoms with Gasteiger partial charge >= 0.3 is 0 Å². The van der Waals surface area contributed by atoms with E-state index >= 15 is 0 Å². The molecule has 5 heteroatoms. The van der Waals surface area contributed by atoms with Crippen molar-refractivity contribution in [3.05, 3.63) is 63.9 Å². The normalized spacial score (nSPS) is 14.5. The van der Waals surface area contributed by atoms with Crippen LogP contribution in [0.4, 0.5) is 10.1 Å². The summed E-state index contributed by atoms with van der Waals surface area (Å²) in [6.45, 7) is 1.94. The van der Waals surface area contributed by atoms with E-state index in [0.29, 0.717) is 25.1 Å². The Hall–Kier alpha value is -1.72. The Bertz CT molecular complexity index is 703. The third-order valence-corrected chi connectivity index (χ3v) is 4.47. The van der Waals surface area contributed by atoms with Crippen LogP contribution in [0.3, 0.4) is 0 Å². The second-order valence-electron chi connectivity index (χ2n) is 5.65. The fourth-order valence-electron chi connectivity index (χ4n) is 2.72. The Morgan fingerprint density at radius 3 is 2.57 bits per heavy atom. The van der Waals surface area contributed by atoms with Gasteiger partial charge in [-0.1, -0.05) is 34.1 Å². The average Bonchev–Trinajstić information content (AvgIpc) is 2.96. The number of halogens is 2. The molecule has 1 saturated heterocycles. The van der Waals surface area contributed by atoms with Crippen LogP contribution in [-0.4, -0.2) is 12.5 Å². The minimum Gasteiger partial charge on any atom is -0.312 e. The molecule has 1 aliphatic rings. The number of hydrogen-bond donors (Lipinski definition) is 1. The van der Waals surface area contributed by atoms with Crippen LogP contribution in [0.5, 0.6) is 0 Å². The standard InChI is InChI=1S/C18H18BrFN2O/c19-15-6-5-14(17(20)10-15)12-21-11-13-3-7-16(8-4-13)22-9-1-2-18(22)23/h3-8,10,21H,1-2,9,11-12H2. The molecule has 0 saturated carbocycles. The van der Waals surface area contributed by atoms with Crippen LogP contribution in [0.1, 0.15) is 24.0 Å². The van der Waals surface area contributed by atoms with Gasteiger partial charge in [0.2, 0.25) is 5.91 Å². The molecule has 23 heavy (non-hydrogen) atoms. The molecule has 1 N–H and O–H groups in total. The highest BCUT2D eigenvalue weighted by Gasteiger charge is 2.21. The Kier molecular flexibility index (Phi) is 5.08. The smallest absolute Gasteiger partial charge is 0.227 e. The first-order valence-corrected chi connectivity index (χ1v) is 8.47. The highest BCUT2D eigenvalue weighted by Crippen LogP contribution is 2.21. The number of amides is 1. The molecule has 0 unspecified atom stereocenters. The second-order valence-corrected chi connectivity index (χ2v) is 6.57. The van der Waals surface area contributed by atoms with Gasteiger partial charge in [-0.3, -0.25) is 4.79 Å². The summed E-state index contributed by atoms with van der Waals surface area (Å²) in [5.74, 6) is -0.0173. The van der Waals surface area contributed by atoms with E-state index in [1.54, 1.807) is 6.07 Å². The van der Waals surface area contributed by atoms with Gasteiger partial charge < -0.3 is 10.2 Å². The van der Waals surface area contributed by atoms with Crippen LogP contribution in [0.15, 0.2) is 46.9 Å². The minimum absolute atomic E-state index is 0.196. The molecule has 0 atom stereocenters. The Morgan fingerprint density at radius 2 is 1.91 bits per heavy atom. The lowest BCUT2D eigenvalue weighted by Gasteiger charge is -2.16. The van der Waals surface area contributed by atoms with Gasteiger partial charge in [0, 0.05) is 41.8 Å². The lowest BCUT2D eigenvalue weighted by Crippen LogP contribution is -2.23. The van der Waals surface area contributed by atoms with Crippen molar-refractivity contribution in [2.24, 2.45) is 0 Å². The molecule has 0 aliphatic carbocycles. The third-order valence-electron chi connectivity index (χ3n) is 3.98. The zero-order valence-electron chi connectivity index (χ0n) is 12.7. The van der Waals surface area contributed by atoms with E-state index < -0.39 is 0 Å². The number of carbonyl (C=O) groups excluding carboxylic acids is 1. The van der Waals surface area contributed by atoms with E-state index in [1.807, 2.05) is 35.2 Å². The Labute approximate surface area is 143 Å². The predicted octanol–water partition coefficient (Wildman–Crippen LogP) is 4.00. The molecule has 0 aromatic heterocycles. The van der Waals surface area contributed by atoms with Gasteiger partial charge in [-0.2, -0.15) is 0 Å². The molecule has 1 fully saturated rings. The molecule has 0 radical (unpaired) electrons. The summed E-state index contributed by atoms with van der Waals surface area (Å²) >= 11 is 3.25. The second kappa shape index (κ2) is 7.23. The number of benzene rings is 2. The summed E-state index contributed by atoms with van der Waals surface area (Å²) < 4.78 is 14.5. The number of rotatable bonds is 5. The molecule has 2 aromatic carbocycles. The van der Waals surface area contributed by atoms with Gasteiger partial charge in [-0.15, -0.1) is 0 Å². The van der Waals surface area contributed by atoms with Gasteiger partial charge in [0.05, 0.1) is 0 Å². The lowest BCUT2D eigenvalue weighted by atomic mass is 10.1. The van der Waals surface area contributed by atoms with Crippen molar-refractivity contribution >= 4 is 27.5 Å². The zero-order chi connectivity index (χ0) is 16.2. The van der Waals surface area contributed by atoms with Crippen molar-refractivity contribution < 1.29 is 9.18 Å². The molecule has 1 heterocycles. The van der Waals surface area contributed by atoms with E-state index in [-0.39, 0.29) is 11.7 Å². The van der Waals surface area contributed by atoms with Crippen molar-refractivity contribution in [2.75, 3.05) is 11.4 Å². The molecule has 120 valence electrons. The van der Waals surface area contributed by atoms with Crippen molar-refractivity contribution in [1.82, 2.24) is 5.32 Å². The first-order valence-electron chi connectivity index (χ1n) is 7.67. The van der Waals surface area contributed by atoms with Gasteiger partial charge in [0.1, 0.15) is 5.82 Å². The van der Waals surface area contributed by atoms with Gasteiger partial charge in [-0.25, -0.2) is 4.39 Å². The highest BCUT2D eigenvalue weighted by atomic mass is 79.9. The summed E-state index contributed by atoms with van der Waals surface area (Å²) in [5, 5.41) is 3.24. The van der Waals surface area contributed by atoms with Crippen molar-refractivity contribution in [2.45, 2.75) is 25.9 Å².